The average molecular weight is 330 g/mol. The monoisotopic (exact) mass is 330 g/mol. The van der Waals surface area contributed by atoms with E-state index in [2.05, 4.69) is 5.32 Å². The van der Waals surface area contributed by atoms with E-state index in [1.54, 1.807) is 0 Å². The number of fused-ring (bicyclic) bond motifs is 1. The molecule has 6 nitrogen and oxygen atoms in total. The molecular formula is C18H22N2O4. The van der Waals surface area contributed by atoms with Gasteiger partial charge < -0.3 is 19.7 Å². The highest BCUT2D eigenvalue weighted by atomic mass is 16.5. The lowest BCUT2D eigenvalue weighted by Crippen LogP contribution is -2.44. The minimum atomic E-state index is -1.02. The van der Waals surface area contributed by atoms with Gasteiger partial charge in [-0.3, -0.25) is 4.79 Å². The third-order valence-electron chi connectivity index (χ3n) is 4.48. The van der Waals surface area contributed by atoms with Crippen molar-refractivity contribution in [2.75, 3.05) is 6.61 Å². The van der Waals surface area contributed by atoms with Gasteiger partial charge in [-0.2, -0.15) is 0 Å². The molecule has 0 spiro atoms. The molecule has 2 heterocycles. The van der Waals surface area contributed by atoms with E-state index in [9.17, 15) is 14.7 Å². The number of nitrogens with zero attached hydrogens (tertiary/aromatic N) is 1. The number of ether oxygens (including phenoxy) is 1. The normalized spacial score (nSPS) is 18.6. The molecule has 2 unspecified atom stereocenters. The quantitative estimate of drug-likeness (QED) is 0.850. The number of amides is 1. The number of aliphatic carboxylic acids is 1. The Morgan fingerprint density at radius 1 is 1.42 bits per heavy atom. The number of carboxylic acid groups (broad SMARTS) is 1. The number of aryl methyl sites for hydroxylation is 1. The Kier molecular flexibility index (Phi) is 4.85. The van der Waals surface area contributed by atoms with Crippen LogP contribution in [0.25, 0.3) is 10.9 Å². The second-order valence-corrected chi connectivity index (χ2v) is 6.26. The Hall–Kier alpha value is -2.34. The first kappa shape index (κ1) is 16.5. The fraction of sp³-hybridized carbons (Fsp3) is 0.444. The summed E-state index contributed by atoms with van der Waals surface area (Å²) >= 11 is 0. The highest BCUT2D eigenvalue weighted by Gasteiger charge is 2.27. The van der Waals surface area contributed by atoms with Gasteiger partial charge in [0.2, 0.25) is 5.91 Å². The fourth-order valence-electron chi connectivity index (χ4n) is 3.26. The van der Waals surface area contributed by atoms with Crippen molar-refractivity contribution in [3.63, 3.8) is 0 Å². The predicted octanol–water partition coefficient (Wildman–Crippen LogP) is 2.09. The van der Waals surface area contributed by atoms with Gasteiger partial charge in [0.15, 0.2) is 0 Å². The lowest BCUT2D eigenvalue weighted by atomic mass is 10.1. The Morgan fingerprint density at radius 3 is 2.92 bits per heavy atom. The molecule has 1 amide bonds. The summed E-state index contributed by atoms with van der Waals surface area (Å²) in [5, 5.41) is 13.1. The van der Waals surface area contributed by atoms with Crippen molar-refractivity contribution in [2.24, 2.45) is 0 Å². The lowest BCUT2D eigenvalue weighted by Gasteiger charge is -2.18. The molecule has 1 fully saturated rings. The van der Waals surface area contributed by atoms with Crippen LogP contribution >= 0.6 is 0 Å². The van der Waals surface area contributed by atoms with Crippen LogP contribution in [0.5, 0.6) is 0 Å². The highest BCUT2D eigenvalue weighted by Crippen LogP contribution is 2.19. The molecule has 2 atom stereocenters. The maximum absolute atomic E-state index is 12.4. The summed E-state index contributed by atoms with van der Waals surface area (Å²) in [7, 11) is 0. The number of para-hydroxylation sites is 1. The van der Waals surface area contributed by atoms with Crippen LogP contribution in [0.4, 0.5) is 0 Å². The van der Waals surface area contributed by atoms with E-state index in [1.807, 2.05) is 41.8 Å². The number of aromatic nitrogens is 1. The van der Waals surface area contributed by atoms with Crippen molar-refractivity contribution in [2.45, 2.75) is 44.9 Å². The molecule has 1 aromatic heterocycles. The van der Waals surface area contributed by atoms with Crippen LogP contribution in [0, 0.1) is 6.92 Å². The zero-order valence-electron chi connectivity index (χ0n) is 13.7. The second-order valence-electron chi connectivity index (χ2n) is 6.26. The molecule has 0 saturated carbocycles. The molecule has 24 heavy (non-hydrogen) atoms. The van der Waals surface area contributed by atoms with Crippen LogP contribution in [0.1, 0.15) is 25.0 Å². The molecule has 0 radical (unpaired) electrons. The van der Waals surface area contributed by atoms with Crippen molar-refractivity contribution in [3.8, 4) is 0 Å². The lowest BCUT2D eigenvalue weighted by molar-refractivity contribution is -0.142. The molecule has 1 aliphatic rings. The topological polar surface area (TPSA) is 80.6 Å². The fourth-order valence-corrected chi connectivity index (χ4v) is 3.26. The van der Waals surface area contributed by atoms with Crippen LogP contribution in [0.3, 0.4) is 0 Å². The van der Waals surface area contributed by atoms with Crippen LogP contribution < -0.4 is 5.32 Å². The number of carbonyl (C=O) groups excluding carboxylic acids is 1. The summed E-state index contributed by atoms with van der Waals surface area (Å²) in [6.45, 7) is 2.71. The standard InChI is InChI=1S/C18H22N2O4/c1-12-9-13-5-2-3-7-16(13)20(12)11-17(21)19-15(18(22)23)10-14-6-4-8-24-14/h2-3,5,7,9,14-15H,4,6,8,10-11H2,1H3,(H,19,21)(H,22,23). The summed E-state index contributed by atoms with van der Waals surface area (Å²) in [6, 6.07) is 8.93. The zero-order valence-corrected chi connectivity index (χ0v) is 13.7. The summed E-state index contributed by atoms with van der Waals surface area (Å²) in [5.41, 5.74) is 1.94. The van der Waals surface area contributed by atoms with E-state index in [1.165, 1.54) is 0 Å². The maximum Gasteiger partial charge on any atom is 0.326 e. The molecule has 0 aliphatic carbocycles. The minimum absolute atomic E-state index is 0.0828. The molecular weight excluding hydrogens is 308 g/mol. The van der Waals surface area contributed by atoms with E-state index >= 15 is 0 Å². The van der Waals surface area contributed by atoms with Crippen LogP contribution in [0.15, 0.2) is 30.3 Å². The molecule has 2 N–H and O–H groups in total. The molecule has 3 rings (SSSR count). The second kappa shape index (κ2) is 7.05. The van der Waals surface area contributed by atoms with Gasteiger partial charge in [0, 0.05) is 24.2 Å². The van der Waals surface area contributed by atoms with Gasteiger partial charge in [-0.05, 0) is 37.3 Å². The summed E-state index contributed by atoms with van der Waals surface area (Å²) in [4.78, 5) is 23.8. The van der Waals surface area contributed by atoms with Gasteiger partial charge in [-0.15, -0.1) is 0 Å². The van der Waals surface area contributed by atoms with Gasteiger partial charge in [-0.25, -0.2) is 4.79 Å². The molecule has 128 valence electrons. The van der Waals surface area contributed by atoms with Gasteiger partial charge in [0.05, 0.1) is 6.10 Å². The molecule has 0 bridgehead atoms. The van der Waals surface area contributed by atoms with Crippen molar-refractivity contribution < 1.29 is 19.4 Å². The van der Waals surface area contributed by atoms with Gasteiger partial charge in [-0.1, -0.05) is 18.2 Å². The van der Waals surface area contributed by atoms with Crippen molar-refractivity contribution >= 4 is 22.8 Å². The first-order chi connectivity index (χ1) is 11.5. The smallest absolute Gasteiger partial charge is 0.326 e. The number of carboxylic acids is 1. The van der Waals surface area contributed by atoms with Crippen molar-refractivity contribution in [3.05, 3.63) is 36.0 Å². The minimum Gasteiger partial charge on any atom is -0.480 e. The zero-order chi connectivity index (χ0) is 17.1. The van der Waals surface area contributed by atoms with E-state index in [0.29, 0.717) is 13.0 Å². The Balaban J connectivity index is 1.68. The van der Waals surface area contributed by atoms with E-state index in [0.717, 1.165) is 29.4 Å². The third-order valence-corrected chi connectivity index (χ3v) is 4.48. The molecule has 1 aliphatic heterocycles. The van der Waals surface area contributed by atoms with Crippen LogP contribution in [-0.2, 0) is 20.9 Å². The van der Waals surface area contributed by atoms with E-state index in [-0.39, 0.29) is 18.6 Å². The predicted molar refractivity (Wildman–Crippen MR) is 89.8 cm³/mol. The number of nitrogens with one attached hydrogen (secondary N) is 1. The number of hydrogen-bond donors (Lipinski definition) is 2. The summed E-state index contributed by atoms with van der Waals surface area (Å²) in [6.07, 6.45) is 2.02. The maximum atomic E-state index is 12.4. The van der Waals surface area contributed by atoms with Gasteiger partial charge in [0.25, 0.3) is 0 Å². The molecule has 1 saturated heterocycles. The third kappa shape index (κ3) is 3.59. The SMILES string of the molecule is Cc1cc2ccccc2n1CC(=O)NC(CC1CCCO1)C(=O)O. The van der Waals surface area contributed by atoms with Crippen LogP contribution in [-0.4, -0.2) is 40.3 Å². The molecule has 1 aromatic carbocycles. The first-order valence-corrected chi connectivity index (χ1v) is 8.23. The van der Waals surface area contributed by atoms with E-state index in [4.69, 9.17) is 4.74 Å². The van der Waals surface area contributed by atoms with Crippen molar-refractivity contribution in [1.82, 2.24) is 9.88 Å². The largest absolute Gasteiger partial charge is 0.480 e. The van der Waals surface area contributed by atoms with Gasteiger partial charge in [0.1, 0.15) is 12.6 Å². The number of hydrogen-bond acceptors (Lipinski definition) is 3. The summed E-state index contributed by atoms with van der Waals surface area (Å²) < 4.78 is 7.38. The van der Waals surface area contributed by atoms with Crippen molar-refractivity contribution in [1.29, 1.82) is 0 Å². The Bertz CT molecular complexity index is 747. The molecule has 2 aromatic rings. The Morgan fingerprint density at radius 2 is 2.21 bits per heavy atom. The number of benzene rings is 1. The highest BCUT2D eigenvalue weighted by molar-refractivity contribution is 5.86. The number of carbonyl (C=O) groups is 2. The average Bonchev–Trinajstić information content (AvgIpc) is 3.15. The molecule has 6 heteroatoms. The Labute approximate surface area is 140 Å². The summed E-state index contributed by atoms with van der Waals surface area (Å²) in [5.74, 6) is -1.32. The van der Waals surface area contributed by atoms with Gasteiger partial charge >= 0.3 is 5.97 Å². The van der Waals surface area contributed by atoms with Crippen LogP contribution in [0.2, 0.25) is 0 Å². The van der Waals surface area contributed by atoms with E-state index < -0.39 is 12.0 Å². The first-order valence-electron chi connectivity index (χ1n) is 8.23. The number of rotatable bonds is 6.